The second kappa shape index (κ2) is 6.83. The third-order valence-electron chi connectivity index (χ3n) is 4.04. The smallest absolute Gasteiger partial charge is 0.237 e. The Morgan fingerprint density at radius 1 is 1.29 bits per heavy atom. The Labute approximate surface area is 137 Å². The van der Waals surface area contributed by atoms with Crippen molar-refractivity contribution in [3.05, 3.63) is 28.5 Å². The van der Waals surface area contributed by atoms with Crippen molar-refractivity contribution >= 4 is 44.7 Å². The van der Waals surface area contributed by atoms with Crippen molar-refractivity contribution in [2.75, 3.05) is 5.32 Å². The van der Waals surface area contributed by atoms with E-state index in [2.05, 4.69) is 21.2 Å². The normalized spacial score (nSPS) is 17.8. The molecule has 1 saturated carbocycles. The number of halogens is 2. The molecule has 0 atom stereocenters. The van der Waals surface area contributed by atoms with Crippen LogP contribution in [0.1, 0.15) is 38.5 Å². The highest BCUT2D eigenvalue weighted by molar-refractivity contribution is 9.10. The molecule has 21 heavy (non-hydrogen) atoms. The molecule has 0 spiro atoms. The predicted octanol–water partition coefficient (Wildman–Crippen LogP) is 4.15. The fourth-order valence-electron chi connectivity index (χ4n) is 2.74. The lowest BCUT2D eigenvalue weighted by Gasteiger charge is -2.30. The number of carbonyl (C=O) groups is 1. The highest BCUT2D eigenvalue weighted by Crippen LogP contribution is 2.37. The molecule has 0 aliphatic heterocycles. The van der Waals surface area contributed by atoms with Crippen molar-refractivity contribution in [2.24, 2.45) is 11.1 Å². The van der Waals surface area contributed by atoms with Crippen LogP contribution in [0.2, 0.25) is 0 Å². The van der Waals surface area contributed by atoms with Gasteiger partial charge in [-0.15, -0.1) is 0 Å². The molecule has 114 valence electrons. The molecule has 1 aliphatic carbocycles. The van der Waals surface area contributed by atoms with Crippen molar-refractivity contribution < 1.29 is 9.18 Å². The van der Waals surface area contributed by atoms with Crippen LogP contribution in [0.15, 0.2) is 22.7 Å². The molecule has 0 heterocycles. The van der Waals surface area contributed by atoms with Gasteiger partial charge in [-0.05, 0) is 47.0 Å². The number of carbonyl (C=O) groups excluding carboxylic acids is 1. The van der Waals surface area contributed by atoms with E-state index in [-0.39, 0.29) is 10.9 Å². The van der Waals surface area contributed by atoms with Crippen LogP contribution in [-0.4, -0.2) is 10.9 Å². The molecule has 3 nitrogen and oxygen atoms in total. The zero-order valence-electron chi connectivity index (χ0n) is 11.6. The minimum atomic E-state index is -0.810. The number of hydrogen-bond acceptors (Lipinski definition) is 2. The van der Waals surface area contributed by atoms with Crippen molar-refractivity contribution in [1.29, 1.82) is 0 Å². The Morgan fingerprint density at radius 2 is 1.90 bits per heavy atom. The Bertz CT molecular complexity index is 557. The van der Waals surface area contributed by atoms with Crippen LogP contribution in [0.5, 0.6) is 0 Å². The fraction of sp³-hybridized carbons (Fsp3) is 0.467. The Hall–Kier alpha value is -1.01. The van der Waals surface area contributed by atoms with Gasteiger partial charge >= 0.3 is 0 Å². The Balaban J connectivity index is 2.22. The molecular weight excluding hydrogens is 355 g/mol. The molecule has 1 aliphatic rings. The molecule has 2 rings (SSSR count). The first-order valence-corrected chi connectivity index (χ1v) is 8.22. The van der Waals surface area contributed by atoms with Gasteiger partial charge in [-0.3, -0.25) is 4.79 Å². The molecule has 1 fully saturated rings. The van der Waals surface area contributed by atoms with Crippen molar-refractivity contribution in [2.45, 2.75) is 38.5 Å². The third-order valence-corrected chi connectivity index (χ3v) is 5.07. The van der Waals surface area contributed by atoms with Crippen LogP contribution in [-0.2, 0) is 4.79 Å². The number of benzene rings is 1. The molecule has 0 aromatic heterocycles. The van der Waals surface area contributed by atoms with Crippen molar-refractivity contribution in [3.8, 4) is 0 Å². The summed E-state index contributed by atoms with van der Waals surface area (Å²) in [7, 11) is 0. The first-order valence-electron chi connectivity index (χ1n) is 7.02. The van der Waals surface area contributed by atoms with Crippen LogP contribution in [0.25, 0.3) is 0 Å². The highest BCUT2D eigenvalue weighted by Gasteiger charge is 2.41. The zero-order chi connectivity index (χ0) is 15.5. The van der Waals surface area contributed by atoms with Crippen LogP contribution in [0, 0.1) is 11.2 Å². The van der Waals surface area contributed by atoms with Gasteiger partial charge in [0.05, 0.1) is 14.9 Å². The molecule has 0 bridgehead atoms. The van der Waals surface area contributed by atoms with Gasteiger partial charge in [0.2, 0.25) is 5.91 Å². The molecular formula is C15H18BrFN2OS. The predicted molar refractivity (Wildman–Crippen MR) is 89.7 cm³/mol. The summed E-state index contributed by atoms with van der Waals surface area (Å²) >= 11 is 8.25. The highest BCUT2D eigenvalue weighted by atomic mass is 79.9. The summed E-state index contributed by atoms with van der Waals surface area (Å²) in [5, 5.41) is 2.76. The maximum Gasteiger partial charge on any atom is 0.237 e. The fourth-order valence-corrected chi connectivity index (χ4v) is 3.29. The summed E-state index contributed by atoms with van der Waals surface area (Å²) in [6.07, 6.45) is 5.36. The second-order valence-electron chi connectivity index (χ2n) is 5.44. The van der Waals surface area contributed by atoms with Crippen LogP contribution < -0.4 is 11.1 Å². The van der Waals surface area contributed by atoms with E-state index in [9.17, 15) is 9.18 Å². The van der Waals surface area contributed by atoms with E-state index in [1.165, 1.54) is 6.07 Å². The van der Waals surface area contributed by atoms with E-state index in [4.69, 9.17) is 18.0 Å². The Morgan fingerprint density at radius 3 is 2.43 bits per heavy atom. The SMILES string of the molecule is NC(=S)C1(C(=O)Nc2ccc(Br)c(F)c2)CCCCCC1. The number of thiocarbonyl (C=S) groups is 1. The molecule has 1 aromatic rings. The van der Waals surface area contributed by atoms with Gasteiger partial charge in [-0.25, -0.2) is 4.39 Å². The summed E-state index contributed by atoms with van der Waals surface area (Å²) in [6, 6.07) is 4.49. The number of rotatable bonds is 3. The minimum absolute atomic E-state index is 0.223. The maximum absolute atomic E-state index is 13.5. The standard InChI is InChI=1S/C15H18BrFN2OS/c16-11-6-5-10(9-12(11)17)19-14(20)15(13(18)21)7-3-1-2-4-8-15/h5-6,9H,1-4,7-8H2,(H2,18,21)(H,19,20). The average molecular weight is 373 g/mol. The van der Waals surface area contributed by atoms with Crippen molar-refractivity contribution in [3.63, 3.8) is 0 Å². The molecule has 1 aromatic carbocycles. The first-order chi connectivity index (χ1) is 9.95. The number of hydrogen-bond donors (Lipinski definition) is 2. The molecule has 6 heteroatoms. The maximum atomic E-state index is 13.5. The van der Waals surface area contributed by atoms with E-state index in [0.29, 0.717) is 23.0 Å². The van der Waals surface area contributed by atoms with E-state index in [1.54, 1.807) is 12.1 Å². The largest absolute Gasteiger partial charge is 0.392 e. The average Bonchev–Trinajstić information content (AvgIpc) is 2.69. The molecule has 0 unspecified atom stereocenters. The molecule has 1 amide bonds. The first kappa shape index (κ1) is 16.4. The number of nitrogens with two attached hydrogens (primary N) is 1. The summed E-state index contributed by atoms with van der Waals surface area (Å²) in [4.78, 5) is 12.9. The van der Waals surface area contributed by atoms with Gasteiger partial charge in [0.15, 0.2) is 0 Å². The van der Waals surface area contributed by atoms with Gasteiger partial charge < -0.3 is 11.1 Å². The van der Waals surface area contributed by atoms with E-state index in [0.717, 1.165) is 25.7 Å². The lowest BCUT2D eigenvalue weighted by Crippen LogP contribution is -2.45. The summed E-state index contributed by atoms with van der Waals surface area (Å²) in [5.41, 5.74) is 5.48. The van der Waals surface area contributed by atoms with E-state index in [1.807, 2.05) is 0 Å². The number of nitrogens with one attached hydrogen (secondary N) is 1. The third kappa shape index (κ3) is 3.61. The second-order valence-corrected chi connectivity index (χ2v) is 6.74. The molecule has 3 N–H and O–H groups in total. The summed E-state index contributed by atoms with van der Waals surface area (Å²) < 4.78 is 13.9. The Kier molecular flexibility index (Phi) is 5.32. The van der Waals surface area contributed by atoms with Gasteiger partial charge in [0.1, 0.15) is 5.82 Å². The van der Waals surface area contributed by atoms with Crippen LogP contribution >= 0.6 is 28.1 Å². The van der Waals surface area contributed by atoms with Crippen molar-refractivity contribution in [1.82, 2.24) is 0 Å². The monoisotopic (exact) mass is 372 g/mol. The molecule has 0 radical (unpaired) electrons. The lowest BCUT2D eigenvalue weighted by molar-refractivity contribution is -0.122. The van der Waals surface area contributed by atoms with E-state index < -0.39 is 11.2 Å². The number of anilines is 1. The zero-order valence-corrected chi connectivity index (χ0v) is 14.0. The van der Waals surface area contributed by atoms with E-state index >= 15 is 0 Å². The quantitative estimate of drug-likeness (QED) is 0.618. The summed E-state index contributed by atoms with van der Waals surface area (Å²) in [5.74, 6) is -0.642. The lowest BCUT2D eigenvalue weighted by atomic mass is 9.79. The number of amides is 1. The van der Waals surface area contributed by atoms with Crippen LogP contribution in [0.3, 0.4) is 0 Å². The van der Waals surface area contributed by atoms with Gasteiger partial charge in [0.25, 0.3) is 0 Å². The summed E-state index contributed by atoms with van der Waals surface area (Å²) in [6.45, 7) is 0. The van der Waals surface area contributed by atoms with Gasteiger partial charge in [-0.1, -0.05) is 37.9 Å². The minimum Gasteiger partial charge on any atom is -0.392 e. The van der Waals surface area contributed by atoms with Gasteiger partial charge in [-0.2, -0.15) is 0 Å². The van der Waals surface area contributed by atoms with Gasteiger partial charge in [0, 0.05) is 5.69 Å². The molecule has 0 saturated heterocycles. The topological polar surface area (TPSA) is 55.1 Å². The van der Waals surface area contributed by atoms with Crippen LogP contribution in [0.4, 0.5) is 10.1 Å².